The summed E-state index contributed by atoms with van der Waals surface area (Å²) in [5.41, 5.74) is 7.04. The van der Waals surface area contributed by atoms with E-state index in [-0.39, 0.29) is 18.1 Å². The number of terminal acetylenes is 1. The zero-order chi connectivity index (χ0) is 10.6. The van der Waals surface area contributed by atoms with E-state index in [9.17, 15) is 4.79 Å². The molecule has 0 atom stereocenters. The number of hydrogen-bond donors (Lipinski definition) is 3. The van der Waals surface area contributed by atoms with Crippen molar-refractivity contribution >= 4 is 11.6 Å². The third kappa shape index (κ3) is 1.85. The maximum atomic E-state index is 11.4. The predicted molar refractivity (Wildman–Crippen MR) is 53.5 cm³/mol. The fourth-order valence-electron chi connectivity index (χ4n) is 1.04. The van der Waals surface area contributed by atoms with Crippen molar-refractivity contribution < 1.29 is 4.79 Å². The molecule has 0 radical (unpaired) electrons. The summed E-state index contributed by atoms with van der Waals surface area (Å²) < 4.78 is 0. The van der Waals surface area contributed by atoms with Gasteiger partial charge in [0.25, 0.3) is 5.91 Å². The monoisotopic (exact) mass is 192 g/mol. The highest BCUT2D eigenvalue weighted by atomic mass is 16.1. The summed E-state index contributed by atoms with van der Waals surface area (Å²) in [6.45, 7) is 2.10. The summed E-state index contributed by atoms with van der Waals surface area (Å²) in [5.74, 6) is 1.95. The smallest absolute Gasteiger partial charge is 0.274 e. The van der Waals surface area contributed by atoms with Crippen LogP contribution in [-0.4, -0.2) is 22.6 Å². The number of nitrogens with two attached hydrogens (primary N) is 1. The maximum Gasteiger partial charge on any atom is 0.274 e. The normalized spacial score (nSPS) is 9.43. The van der Waals surface area contributed by atoms with Crippen molar-refractivity contribution in [3.05, 3.63) is 11.4 Å². The zero-order valence-corrected chi connectivity index (χ0v) is 7.92. The summed E-state index contributed by atoms with van der Waals surface area (Å²) in [6, 6.07) is 0. The molecule has 5 heteroatoms. The molecule has 14 heavy (non-hydrogen) atoms. The number of carbonyl (C=O) groups excluding carboxylic acids is 1. The number of aryl methyl sites for hydroxylation is 1. The van der Waals surface area contributed by atoms with Gasteiger partial charge < -0.3 is 11.1 Å². The number of H-pyrrole nitrogens is 1. The molecule has 0 aliphatic carbocycles. The predicted octanol–water partition coefficient (Wildman–Crippen LogP) is -0.0827. The first-order valence-electron chi connectivity index (χ1n) is 4.25. The van der Waals surface area contributed by atoms with Crippen molar-refractivity contribution in [1.29, 1.82) is 0 Å². The van der Waals surface area contributed by atoms with Crippen LogP contribution in [0.2, 0.25) is 0 Å². The summed E-state index contributed by atoms with van der Waals surface area (Å²) in [7, 11) is 0. The first-order valence-corrected chi connectivity index (χ1v) is 4.25. The Bertz CT molecular complexity index is 375. The Morgan fingerprint density at radius 2 is 2.50 bits per heavy atom. The lowest BCUT2D eigenvalue weighted by atomic mass is 10.2. The Balaban J connectivity index is 2.81. The van der Waals surface area contributed by atoms with Crippen molar-refractivity contribution in [2.24, 2.45) is 0 Å². The summed E-state index contributed by atoms with van der Waals surface area (Å²) in [6.07, 6.45) is 5.71. The first-order chi connectivity index (χ1) is 6.70. The molecule has 0 aromatic carbocycles. The van der Waals surface area contributed by atoms with E-state index < -0.39 is 0 Å². The van der Waals surface area contributed by atoms with Crippen LogP contribution in [0.3, 0.4) is 0 Å². The molecule has 4 N–H and O–H groups in total. The van der Waals surface area contributed by atoms with E-state index >= 15 is 0 Å². The SMILES string of the molecule is C#CCNC(=O)c1n[nH]c(CC)c1N. The van der Waals surface area contributed by atoms with Gasteiger partial charge in [0.15, 0.2) is 5.69 Å². The highest BCUT2D eigenvalue weighted by molar-refractivity contribution is 5.97. The highest BCUT2D eigenvalue weighted by Gasteiger charge is 2.15. The fraction of sp³-hybridized carbons (Fsp3) is 0.333. The summed E-state index contributed by atoms with van der Waals surface area (Å²) in [5, 5.41) is 8.99. The van der Waals surface area contributed by atoms with E-state index in [2.05, 4.69) is 21.4 Å². The topological polar surface area (TPSA) is 83.8 Å². The Hall–Kier alpha value is -1.96. The average molecular weight is 192 g/mol. The Labute approximate surface area is 82.1 Å². The average Bonchev–Trinajstić information content (AvgIpc) is 2.56. The van der Waals surface area contributed by atoms with E-state index in [1.54, 1.807) is 0 Å². The Kier molecular flexibility index (Phi) is 3.13. The molecule has 1 rings (SSSR count). The molecule has 5 nitrogen and oxygen atoms in total. The van der Waals surface area contributed by atoms with E-state index in [0.29, 0.717) is 12.1 Å². The van der Waals surface area contributed by atoms with Crippen LogP contribution in [0.1, 0.15) is 23.1 Å². The van der Waals surface area contributed by atoms with Gasteiger partial charge in [0.05, 0.1) is 17.9 Å². The number of nitrogens with one attached hydrogen (secondary N) is 2. The van der Waals surface area contributed by atoms with Crippen LogP contribution in [0.15, 0.2) is 0 Å². The molecule has 74 valence electrons. The molecule has 0 aliphatic heterocycles. The third-order valence-corrected chi connectivity index (χ3v) is 1.80. The number of amides is 1. The van der Waals surface area contributed by atoms with Crippen molar-refractivity contribution in [3.8, 4) is 12.3 Å². The number of aromatic nitrogens is 2. The fourth-order valence-corrected chi connectivity index (χ4v) is 1.04. The second-order valence-electron chi connectivity index (χ2n) is 2.70. The molecule has 1 amide bonds. The molecular weight excluding hydrogens is 180 g/mol. The number of nitrogen functional groups attached to an aromatic ring is 1. The molecule has 1 heterocycles. The largest absolute Gasteiger partial charge is 0.395 e. The Morgan fingerprint density at radius 3 is 3.00 bits per heavy atom. The lowest BCUT2D eigenvalue weighted by Crippen LogP contribution is -2.24. The van der Waals surface area contributed by atoms with Gasteiger partial charge in [-0.25, -0.2) is 0 Å². The first kappa shape index (κ1) is 10.1. The lowest BCUT2D eigenvalue weighted by Gasteiger charge is -1.98. The quantitative estimate of drug-likeness (QED) is 0.585. The number of carbonyl (C=O) groups is 1. The minimum absolute atomic E-state index is 0.173. The van der Waals surface area contributed by atoms with Gasteiger partial charge in [0.2, 0.25) is 0 Å². The molecule has 0 unspecified atom stereocenters. The van der Waals surface area contributed by atoms with Gasteiger partial charge >= 0.3 is 0 Å². The molecule has 0 saturated carbocycles. The second-order valence-corrected chi connectivity index (χ2v) is 2.70. The lowest BCUT2D eigenvalue weighted by molar-refractivity contribution is 0.0954. The van der Waals surface area contributed by atoms with Gasteiger partial charge in [-0.1, -0.05) is 12.8 Å². The molecule has 0 spiro atoms. The van der Waals surface area contributed by atoms with E-state index in [1.165, 1.54) is 0 Å². The number of anilines is 1. The van der Waals surface area contributed by atoms with E-state index in [4.69, 9.17) is 12.2 Å². The van der Waals surface area contributed by atoms with Gasteiger partial charge in [-0.2, -0.15) is 5.10 Å². The summed E-state index contributed by atoms with van der Waals surface area (Å²) in [4.78, 5) is 11.4. The van der Waals surface area contributed by atoms with Crippen LogP contribution in [0, 0.1) is 12.3 Å². The van der Waals surface area contributed by atoms with Crippen LogP contribution in [0.5, 0.6) is 0 Å². The van der Waals surface area contributed by atoms with Crippen molar-refractivity contribution in [2.75, 3.05) is 12.3 Å². The number of hydrogen-bond acceptors (Lipinski definition) is 3. The maximum absolute atomic E-state index is 11.4. The molecule has 0 saturated heterocycles. The molecule has 1 aromatic rings. The van der Waals surface area contributed by atoms with Gasteiger partial charge in [-0.15, -0.1) is 6.42 Å². The Morgan fingerprint density at radius 1 is 1.79 bits per heavy atom. The molecule has 1 aromatic heterocycles. The van der Waals surface area contributed by atoms with Crippen molar-refractivity contribution in [1.82, 2.24) is 15.5 Å². The third-order valence-electron chi connectivity index (χ3n) is 1.80. The van der Waals surface area contributed by atoms with Crippen LogP contribution >= 0.6 is 0 Å². The van der Waals surface area contributed by atoms with Crippen LogP contribution < -0.4 is 11.1 Å². The standard InChI is InChI=1S/C9H12N4O/c1-3-5-11-9(14)8-7(10)6(4-2)12-13-8/h1H,4-5,10H2,2H3,(H,11,14)(H,12,13). The number of nitrogens with zero attached hydrogens (tertiary/aromatic N) is 1. The van der Waals surface area contributed by atoms with Crippen LogP contribution in [0.25, 0.3) is 0 Å². The number of rotatable bonds is 3. The van der Waals surface area contributed by atoms with Gasteiger partial charge in [0, 0.05) is 0 Å². The highest BCUT2D eigenvalue weighted by Crippen LogP contribution is 2.13. The zero-order valence-electron chi connectivity index (χ0n) is 7.92. The molecule has 0 bridgehead atoms. The van der Waals surface area contributed by atoms with Gasteiger partial charge in [0.1, 0.15) is 0 Å². The minimum atomic E-state index is -0.351. The van der Waals surface area contributed by atoms with Crippen LogP contribution in [-0.2, 0) is 6.42 Å². The van der Waals surface area contributed by atoms with E-state index in [0.717, 1.165) is 5.69 Å². The number of aromatic amines is 1. The molecular formula is C9H12N4O. The van der Waals surface area contributed by atoms with Gasteiger partial charge in [-0.05, 0) is 6.42 Å². The molecule has 0 aliphatic rings. The van der Waals surface area contributed by atoms with Crippen molar-refractivity contribution in [3.63, 3.8) is 0 Å². The van der Waals surface area contributed by atoms with E-state index in [1.807, 2.05) is 6.92 Å². The van der Waals surface area contributed by atoms with Crippen molar-refractivity contribution in [2.45, 2.75) is 13.3 Å². The minimum Gasteiger partial charge on any atom is -0.395 e. The van der Waals surface area contributed by atoms with Gasteiger partial charge in [-0.3, -0.25) is 9.89 Å². The van der Waals surface area contributed by atoms with Crippen LogP contribution in [0.4, 0.5) is 5.69 Å². The second kappa shape index (κ2) is 4.33. The summed E-state index contributed by atoms with van der Waals surface area (Å²) >= 11 is 0. The molecule has 0 fully saturated rings.